The highest BCUT2D eigenvalue weighted by atomic mass is 32.2. The monoisotopic (exact) mass is 374 g/mol. The smallest absolute Gasteiger partial charge is 0.261 e. The number of hydrogen-bond donors (Lipinski definition) is 1. The summed E-state index contributed by atoms with van der Waals surface area (Å²) in [7, 11) is -2.01. The number of carbonyl (C=O) groups is 1. The number of amides is 1. The normalized spacial score (nSPS) is 16.5. The number of aryl methyl sites for hydroxylation is 1. The van der Waals surface area contributed by atoms with Crippen LogP contribution < -0.4 is 14.4 Å². The maximum absolute atomic E-state index is 12.6. The molecule has 1 amide bonds. The third-order valence-corrected chi connectivity index (χ3v) is 5.77. The standard InChI is InChI=1S/C19H22N2O4S/c1-13-5-8-15(9-6-13)26(23,24)20-14-7-10-16-17(11-14)25-12-19(2,3)18(22)21(16)4/h5-11,20H,12H2,1-4H3. The Balaban J connectivity index is 1.91. The van der Waals surface area contributed by atoms with E-state index < -0.39 is 15.4 Å². The summed E-state index contributed by atoms with van der Waals surface area (Å²) in [6.07, 6.45) is 0. The molecule has 1 heterocycles. The molecule has 0 saturated carbocycles. The zero-order valence-corrected chi connectivity index (χ0v) is 16.1. The first kappa shape index (κ1) is 18.3. The van der Waals surface area contributed by atoms with Crippen LogP contribution in [-0.2, 0) is 14.8 Å². The number of benzene rings is 2. The molecule has 1 N–H and O–H groups in total. The maximum Gasteiger partial charge on any atom is 0.261 e. The summed E-state index contributed by atoms with van der Waals surface area (Å²) in [5, 5.41) is 0. The Hall–Kier alpha value is -2.54. The minimum Gasteiger partial charge on any atom is -0.490 e. The van der Waals surface area contributed by atoms with Crippen molar-refractivity contribution in [3.05, 3.63) is 48.0 Å². The third kappa shape index (κ3) is 3.39. The molecule has 0 unspecified atom stereocenters. The first-order valence-corrected chi connectivity index (χ1v) is 9.73. The van der Waals surface area contributed by atoms with Crippen LogP contribution in [0.2, 0.25) is 0 Å². The van der Waals surface area contributed by atoms with Crippen LogP contribution in [0.15, 0.2) is 47.4 Å². The van der Waals surface area contributed by atoms with Gasteiger partial charge in [-0.2, -0.15) is 0 Å². The van der Waals surface area contributed by atoms with Gasteiger partial charge in [0.1, 0.15) is 12.4 Å². The van der Waals surface area contributed by atoms with Crippen LogP contribution in [0.25, 0.3) is 0 Å². The van der Waals surface area contributed by atoms with E-state index in [1.807, 2.05) is 20.8 Å². The molecule has 2 aromatic rings. The number of carbonyl (C=O) groups excluding carboxylic acids is 1. The molecule has 0 aromatic heterocycles. The van der Waals surface area contributed by atoms with E-state index in [1.54, 1.807) is 54.4 Å². The number of sulfonamides is 1. The zero-order chi connectivity index (χ0) is 19.1. The first-order valence-electron chi connectivity index (χ1n) is 8.25. The molecule has 3 rings (SSSR count). The summed E-state index contributed by atoms with van der Waals surface area (Å²) in [6.45, 7) is 5.75. The van der Waals surface area contributed by atoms with Gasteiger partial charge in [0.2, 0.25) is 5.91 Å². The molecule has 0 radical (unpaired) electrons. The van der Waals surface area contributed by atoms with Crippen molar-refractivity contribution in [3.8, 4) is 5.75 Å². The highest BCUT2D eigenvalue weighted by molar-refractivity contribution is 7.92. The molecule has 138 valence electrons. The van der Waals surface area contributed by atoms with Crippen LogP contribution in [0.5, 0.6) is 5.75 Å². The lowest BCUT2D eigenvalue weighted by Gasteiger charge is -2.24. The van der Waals surface area contributed by atoms with Gasteiger partial charge in [-0.05, 0) is 45.0 Å². The molecule has 6 nitrogen and oxygen atoms in total. The number of anilines is 2. The van der Waals surface area contributed by atoms with E-state index in [0.717, 1.165) is 5.56 Å². The molecule has 0 aliphatic carbocycles. The summed E-state index contributed by atoms with van der Waals surface area (Å²) >= 11 is 0. The average Bonchev–Trinajstić information content (AvgIpc) is 2.66. The number of nitrogens with zero attached hydrogens (tertiary/aromatic N) is 1. The van der Waals surface area contributed by atoms with Gasteiger partial charge < -0.3 is 9.64 Å². The van der Waals surface area contributed by atoms with Crippen LogP contribution in [0.4, 0.5) is 11.4 Å². The molecule has 7 heteroatoms. The van der Waals surface area contributed by atoms with E-state index in [0.29, 0.717) is 17.1 Å². The van der Waals surface area contributed by atoms with Gasteiger partial charge >= 0.3 is 0 Å². The van der Waals surface area contributed by atoms with Crippen molar-refractivity contribution < 1.29 is 17.9 Å². The third-order valence-electron chi connectivity index (χ3n) is 4.38. The van der Waals surface area contributed by atoms with E-state index in [2.05, 4.69) is 4.72 Å². The highest BCUT2D eigenvalue weighted by Crippen LogP contribution is 2.37. The van der Waals surface area contributed by atoms with Gasteiger partial charge in [-0.1, -0.05) is 17.7 Å². The van der Waals surface area contributed by atoms with Crippen LogP contribution in [0.1, 0.15) is 19.4 Å². The first-order chi connectivity index (χ1) is 12.1. The van der Waals surface area contributed by atoms with Gasteiger partial charge in [0.15, 0.2) is 0 Å². The molecule has 0 saturated heterocycles. The topological polar surface area (TPSA) is 75.7 Å². The summed E-state index contributed by atoms with van der Waals surface area (Å²) in [5.41, 5.74) is 1.32. The summed E-state index contributed by atoms with van der Waals surface area (Å²) in [5.74, 6) is 0.416. The Morgan fingerprint density at radius 1 is 1.12 bits per heavy atom. The van der Waals surface area contributed by atoms with Gasteiger partial charge in [0.25, 0.3) is 10.0 Å². The minimum atomic E-state index is -3.70. The minimum absolute atomic E-state index is 0.0516. The largest absolute Gasteiger partial charge is 0.490 e. The second kappa shape index (κ2) is 6.32. The fourth-order valence-electron chi connectivity index (χ4n) is 2.79. The van der Waals surface area contributed by atoms with Crippen molar-refractivity contribution in [3.63, 3.8) is 0 Å². The fourth-order valence-corrected chi connectivity index (χ4v) is 3.83. The second-order valence-electron chi connectivity index (χ2n) is 7.14. The molecule has 1 aliphatic heterocycles. The molecule has 26 heavy (non-hydrogen) atoms. The Kier molecular flexibility index (Phi) is 4.44. The van der Waals surface area contributed by atoms with Crippen molar-refractivity contribution in [1.29, 1.82) is 0 Å². The van der Waals surface area contributed by atoms with Crippen LogP contribution in [-0.4, -0.2) is 28.0 Å². The van der Waals surface area contributed by atoms with E-state index >= 15 is 0 Å². The van der Waals surface area contributed by atoms with Gasteiger partial charge in [0.05, 0.1) is 21.7 Å². The van der Waals surface area contributed by atoms with Crippen LogP contribution in [0, 0.1) is 12.3 Å². The van der Waals surface area contributed by atoms with Crippen LogP contribution >= 0.6 is 0 Å². The molecule has 1 aliphatic rings. The number of fused-ring (bicyclic) bond motifs is 1. The lowest BCUT2D eigenvalue weighted by molar-refractivity contribution is -0.127. The summed E-state index contributed by atoms with van der Waals surface area (Å²) in [6, 6.07) is 11.5. The summed E-state index contributed by atoms with van der Waals surface area (Å²) < 4.78 is 33.4. The fraction of sp³-hybridized carbons (Fsp3) is 0.316. The predicted octanol–water partition coefficient (Wildman–Crippen LogP) is 3.18. The SMILES string of the molecule is Cc1ccc(S(=O)(=O)Nc2ccc3c(c2)OCC(C)(C)C(=O)N3C)cc1. The van der Waals surface area contributed by atoms with Crippen molar-refractivity contribution in [1.82, 2.24) is 0 Å². The van der Waals surface area contributed by atoms with Crippen molar-refractivity contribution in [2.24, 2.45) is 5.41 Å². The average molecular weight is 374 g/mol. The molecule has 0 atom stereocenters. The second-order valence-corrected chi connectivity index (χ2v) is 8.82. The molecular formula is C19H22N2O4S. The van der Waals surface area contributed by atoms with Crippen molar-refractivity contribution in [2.45, 2.75) is 25.7 Å². The quantitative estimate of drug-likeness (QED) is 0.895. The maximum atomic E-state index is 12.6. The summed E-state index contributed by atoms with van der Waals surface area (Å²) in [4.78, 5) is 14.2. The number of ether oxygens (including phenoxy) is 1. The Morgan fingerprint density at radius 3 is 2.42 bits per heavy atom. The van der Waals surface area contributed by atoms with Crippen LogP contribution in [0.3, 0.4) is 0 Å². The molecule has 2 aromatic carbocycles. The Labute approximate surface area is 153 Å². The molecule has 0 fully saturated rings. The van der Waals surface area contributed by atoms with Gasteiger partial charge in [-0.25, -0.2) is 8.42 Å². The number of hydrogen-bond acceptors (Lipinski definition) is 4. The Bertz CT molecular complexity index is 950. The molecule has 0 bridgehead atoms. The van der Waals surface area contributed by atoms with Crippen molar-refractivity contribution in [2.75, 3.05) is 23.3 Å². The lowest BCUT2D eigenvalue weighted by Crippen LogP contribution is -2.39. The van der Waals surface area contributed by atoms with E-state index in [-0.39, 0.29) is 17.4 Å². The Morgan fingerprint density at radius 2 is 1.77 bits per heavy atom. The zero-order valence-electron chi connectivity index (χ0n) is 15.2. The van der Waals surface area contributed by atoms with E-state index in [4.69, 9.17) is 4.74 Å². The van der Waals surface area contributed by atoms with Crippen molar-refractivity contribution >= 4 is 27.3 Å². The van der Waals surface area contributed by atoms with Gasteiger partial charge in [-0.15, -0.1) is 0 Å². The van der Waals surface area contributed by atoms with Gasteiger partial charge in [-0.3, -0.25) is 9.52 Å². The van der Waals surface area contributed by atoms with Gasteiger partial charge in [0, 0.05) is 13.1 Å². The number of rotatable bonds is 3. The predicted molar refractivity (Wildman–Crippen MR) is 101 cm³/mol. The molecular weight excluding hydrogens is 352 g/mol. The van der Waals surface area contributed by atoms with E-state index in [9.17, 15) is 13.2 Å². The molecule has 0 spiro atoms. The highest BCUT2D eigenvalue weighted by Gasteiger charge is 2.36. The number of nitrogens with one attached hydrogen (secondary N) is 1. The van der Waals surface area contributed by atoms with E-state index in [1.165, 1.54) is 0 Å². The lowest BCUT2D eigenvalue weighted by atomic mass is 9.93.